The van der Waals surface area contributed by atoms with Gasteiger partial charge in [0.15, 0.2) is 5.82 Å². The Morgan fingerprint density at radius 1 is 1.08 bits per heavy atom. The summed E-state index contributed by atoms with van der Waals surface area (Å²) in [4.78, 5) is 11.7. The monoisotopic (exact) mass is 177 g/mol. The summed E-state index contributed by atoms with van der Waals surface area (Å²) >= 11 is 4.69. The Morgan fingerprint density at radius 3 is 2.42 bits per heavy atom. The molecule has 0 atom stereocenters. The maximum Gasteiger partial charge on any atom is 0.242 e. The molecule has 6 heteroatoms. The molecule has 0 fully saturated rings. The van der Waals surface area contributed by atoms with Crippen molar-refractivity contribution in [3.8, 4) is 0 Å². The van der Waals surface area contributed by atoms with Crippen molar-refractivity contribution >= 4 is 23.2 Å². The Kier molecular flexibility index (Phi) is 1.67. The normalized spacial score (nSPS) is 15.0. The molecule has 1 aromatic rings. The van der Waals surface area contributed by atoms with E-state index in [0.29, 0.717) is 11.7 Å². The SMILES string of the molecule is S=C1N=NC(c2ncccn2)=N1. The van der Waals surface area contributed by atoms with Crippen LogP contribution >= 0.6 is 12.2 Å². The van der Waals surface area contributed by atoms with E-state index in [1.165, 1.54) is 0 Å². The quantitative estimate of drug-likeness (QED) is 0.600. The second kappa shape index (κ2) is 2.82. The van der Waals surface area contributed by atoms with Gasteiger partial charge < -0.3 is 0 Å². The van der Waals surface area contributed by atoms with Crippen LogP contribution in [0, 0.1) is 0 Å². The summed E-state index contributed by atoms with van der Waals surface area (Å²) in [5.41, 5.74) is 0. The van der Waals surface area contributed by atoms with Gasteiger partial charge in [-0.05, 0) is 18.3 Å². The van der Waals surface area contributed by atoms with Crippen LogP contribution in [0.4, 0.5) is 0 Å². The Hall–Kier alpha value is -1.56. The zero-order chi connectivity index (χ0) is 8.39. The van der Waals surface area contributed by atoms with Crippen molar-refractivity contribution in [2.45, 2.75) is 0 Å². The molecule has 12 heavy (non-hydrogen) atoms. The highest BCUT2D eigenvalue weighted by atomic mass is 32.1. The average Bonchev–Trinajstić information content (AvgIpc) is 2.54. The number of hydrogen-bond acceptors (Lipinski definition) is 4. The smallest absolute Gasteiger partial charge is 0.234 e. The van der Waals surface area contributed by atoms with Crippen molar-refractivity contribution in [2.75, 3.05) is 0 Å². The molecule has 0 saturated carbocycles. The van der Waals surface area contributed by atoms with E-state index in [0.717, 1.165) is 0 Å². The third-order valence-corrected chi connectivity index (χ3v) is 1.37. The molecule has 0 N–H and O–H groups in total. The first-order valence-corrected chi connectivity index (χ1v) is 3.59. The molecule has 2 rings (SSSR count). The van der Waals surface area contributed by atoms with Gasteiger partial charge in [-0.2, -0.15) is 4.99 Å². The largest absolute Gasteiger partial charge is 0.242 e. The molecular weight excluding hydrogens is 174 g/mol. The number of hydrogen-bond donors (Lipinski definition) is 0. The van der Waals surface area contributed by atoms with Gasteiger partial charge in [0.1, 0.15) is 0 Å². The van der Waals surface area contributed by atoms with Gasteiger partial charge in [-0.15, -0.1) is 10.2 Å². The van der Waals surface area contributed by atoms with Gasteiger partial charge in [0.2, 0.25) is 10.9 Å². The van der Waals surface area contributed by atoms with Gasteiger partial charge in [-0.25, -0.2) is 9.97 Å². The first-order valence-electron chi connectivity index (χ1n) is 3.18. The number of azo groups is 1. The van der Waals surface area contributed by atoms with E-state index in [1.54, 1.807) is 18.5 Å². The molecule has 0 bridgehead atoms. The number of aromatic nitrogens is 2. The zero-order valence-corrected chi connectivity index (χ0v) is 6.69. The topological polar surface area (TPSA) is 62.9 Å². The molecule has 0 unspecified atom stereocenters. The van der Waals surface area contributed by atoms with Crippen molar-refractivity contribution in [3.05, 3.63) is 24.3 Å². The number of aliphatic imine (C=N–C) groups is 1. The van der Waals surface area contributed by atoms with Gasteiger partial charge in [-0.1, -0.05) is 0 Å². The Morgan fingerprint density at radius 2 is 1.83 bits per heavy atom. The summed E-state index contributed by atoms with van der Waals surface area (Å²) in [6.45, 7) is 0. The van der Waals surface area contributed by atoms with Crippen LogP contribution in [0.1, 0.15) is 5.82 Å². The number of rotatable bonds is 1. The standard InChI is InChI=1S/C6H3N5S/c12-6-9-5(10-11-6)4-7-2-1-3-8-4/h1-3H. The second-order valence-electron chi connectivity index (χ2n) is 1.99. The van der Waals surface area contributed by atoms with E-state index in [4.69, 9.17) is 12.2 Å². The summed E-state index contributed by atoms with van der Waals surface area (Å²) in [5.74, 6) is 0.821. The van der Waals surface area contributed by atoms with E-state index >= 15 is 0 Å². The third kappa shape index (κ3) is 1.24. The van der Waals surface area contributed by atoms with Gasteiger partial charge in [0.05, 0.1) is 0 Å². The molecule has 1 aromatic heterocycles. The number of thiocarbonyl (C=S) groups is 1. The van der Waals surface area contributed by atoms with Gasteiger partial charge in [0, 0.05) is 12.4 Å². The van der Waals surface area contributed by atoms with Crippen molar-refractivity contribution < 1.29 is 0 Å². The Labute approximate surface area is 73.3 Å². The van der Waals surface area contributed by atoms with Crippen LogP contribution in [-0.2, 0) is 0 Å². The molecule has 0 saturated heterocycles. The van der Waals surface area contributed by atoms with Crippen LogP contribution in [0.15, 0.2) is 33.7 Å². The van der Waals surface area contributed by atoms with E-state index in [9.17, 15) is 0 Å². The molecule has 2 heterocycles. The maximum absolute atomic E-state index is 4.69. The highest BCUT2D eigenvalue weighted by molar-refractivity contribution is 7.80. The van der Waals surface area contributed by atoms with Crippen molar-refractivity contribution in [1.29, 1.82) is 0 Å². The molecule has 0 aromatic carbocycles. The lowest BCUT2D eigenvalue weighted by Gasteiger charge is -1.89. The molecule has 1 aliphatic rings. The first kappa shape index (κ1) is 7.11. The minimum Gasteiger partial charge on any atom is -0.234 e. The summed E-state index contributed by atoms with van der Waals surface area (Å²) in [6.07, 6.45) is 3.23. The fraction of sp³-hybridized carbons (Fsp3) is 0. The molecule has 0 radical (unpaired) electrons. The minimum absolute atomic E-state index is 0.220. The lowest BCUT2D eigenvalue weighted by Crippen LogP contribution is -2.00. The fourth-order valence-corrected chi connectivity index (χ4v) is 0.862. The molecular formula is C6H3N5S. The third-order valence-electron chi connectivity index (χ3n) is 1.20. The van der Waals surface area contributed by atoms with Crippen LogP contribution < -0.4 is 0 Å². The molecule has 58 valence electrons. The van der Waals surface area contributed by atoms with E-state index in [2.05, 4.69) is 25.2 Å². The summed E-state index contributed by atoms with van der Waals surface area (Å²) in [6, 6.07) is 1.72. The molecule has 0 spiro atoms. The molecule has 1 aliphatic heterocycles. The van der Waals surface area contributed by atoms with Crippen LogP contribution in [0.25, 0.3) is 0 Å². The lowest BCUT2D eigenvalue weighted by molar-refractivity contribution is 1.12. The lowest BCUT2D eigenvalue weighted by atomic mass is 10.5. The minimum atomic E-state index is 0.220. The van der Waals surface area contributed by atoms with E-state index in [-0.39, 0.29) is 5.11 Å². The predicted octanol–water partition coefficient (Wildman–Crippen LogP) is 0.974. The number of nitrogens with zero attached hydrogens (tertiary/aromatic N) is 5. The molecule has 0 aliphatic carbocycles. The summed E-state index contributed by atoms with van der Waals surface area (Å²) in [5, 5.41) is 7.48. The summed E-state index contributed by atoms with van der Waals surface area (Å²) < 4.78 is 0. The molecule has 0 amide bonds. The predicted molar refractivity (Wildman–Crippen MR) is 46.0 cm³/mol. The Bertz CT molecular complexity index is 369. The van der Waals surface area contributed by atoms with Crippen LogP contribution in [0.5, 0.6) is 0 Å². The highest BCUT2D eigenvalue weighted by Gasteiger charge is 2.11. The first-order chi connectivity index (χ1) is 5.86. The second-order valence-corrected chi connectivity index (χ2v) is 2.36. The summed E-state index contributed by atoms with van der Waals surface area (Å²) in [7, 11) is 0. The number of amidine groups is 1. The Balaban J connectivity index is 2.40. The van der Waals surface area contributed by atoms with Crippen LogP contribution in [0.3, 0.4) is 0 Å². The fourth-order valence-electron chi connectivity index (χ4n) is 0.735. The average molecular weight is 177 g/mol. The van der Waals surface area contributed by atoms with E-state index in [1.807, 2.05) is 0 Å². The van der Waals surface area contributed by atoms with Crippen molar-refractivity contribution in [1.82, 2.24) is 9.97 Å². The van der Waals surface area contributed by atoms with Gasteiger partial charge in [0.25, 0.3) is 0 Å². The maximum atomic E-state index is 4.69. The highest BCUT2D eigenvalue weighted by Crippen LogP contribution is 2.03. The zero-order valence-electron chi connectivity index (χ0n) is 5.88. The van der Waals surface area contributed by atoms with Crippen LogP contribution in [-0.4, -0.2) is 20.9 Å². The van der Waals surface area contributed by atoms with E-state index < -0.39 is 0 Å². The van der Waals surface area contributed by atoms with Crippen LogP contribution in [0.2, 0.25) is 0 Å². The molecule has 5 nitrogen and oxygen atoms in total. The van der Waals surface area contributed by atoms with Crippen molar-refractivity contribution in [2.24, 2.45) is 15.2 Å². The van der Waals surface area contributed by atoms with Gasteiger partial charge >= 0.3 is 0 Å². The van der Waals surface area contributed by atoms with Gasteiger partial charge in [-0.3, -0.25) is 0 Å². The van der Waals surface area contributed by atoms with Crippen molar-refractivity contribution in [3.63, 3.8) is 0 Å².